The number of nitrogens with zero attached hydrogens (tertiary/aromatic N) is 2. The zero-order valence-electron chi connectivity index (χ0n) is 17.1. The van der Waals surface area contributed by atoms with E-state index in [1.54, 1.807) is 25.1 Å². The summed E-state index contributed by atoms with van der Waals surface area (Å²) in [5.74, 6) is -1.54. The van der Waals surface area contributed by atoms with Crippen LogP contribution in [-0.4, -0.2) is 38.5 Å². The molecule has 2 aromatic rings. The summed E-state index contributed by atoms with van der Waals surface area (Å²) in [6, 6.07) is 7.96. The monoisotopic (exact) mass is 412 g/mol. The van der Waals surface area contributed by atoms with Gasteiger partial charge in [0.05, 0.1) is 35.6 Å². The van der Waals surface area contributed by atoms with Gasteiger partial charge in [0.1, 0.15) is 11.9 Å². The molecular weight excluding hydrogens is 387 g/mol. The Labute approximate surface area is 175 Å². The van der Waals surface area contributed by atoms with E-state index in [0.29, 0.717) is 33.6 Å². The second-order valence-electron chi connectivity index (χ2n) is 7.43. The molecule has 2 rings (SSSR count). The van der Waals surface area contributed by atoms with E-state index in [9.17, 15) is 24.7 Å². The number of hydrogen-bond donors (Lipinski definition) is 3. The number of rotatable bonds is 8. The highest BCUT2D eigenvalue weighted by molar-refractivity contribution is 5.82. The number of pyridine rings is 1. The van der Waals surface area contributed by atoms with Crippen LogP contribution in [0.4, 0.5) is 4.39 Å². The van der Waals surface area contributed by atoms with Crippen molar-refractivity contribution in [3.05, 3.63) is 58.7 Å². The highest BCUT2D eigenvalue weighted by atomic mass is 19.1. The van der Waals surface area contributed by atoms with Crippen molar-refractivity contribution in [1.29, 1.82) is 5.26 Å². The molecule has 0 aliphatic rings. The lowest BCUT2D eigenvalue weighted by atomic mass is 9.89. The Hall–Kier alpha value is -3.08. The normalized spacial score (nSPS) is 13.4. The molecule has 2 unspecified atom stereocenters. The van der Waals surface area contributed by atoms with Gasteiger partial charge in [-0.1, -0.05) is 38.1 Å². The molecule has 7 heteroatoms. The summed E-state index contributed by atoms with van der Waals surface area (Å²) in [6.07, 6.45) is 0.182. The van der Waals surface area contributed by atoms with Crippen LogP contribution in [-0.2, 0) is 4.79 Å². The molecule has 0 bridgehead atoms. The third-order valence-electron chi connectivity index (χ3n) is 4.65. The quantitative estimate of drug-likeness (QED) is 0.608. The van der Waals surface area contributed by atoms with E-state index < -0.39 is 30.4 Å². The number of carbonyl (C=O) groups is 1. The highest BCUT2D eigenvalue weighted by Crippen LogP contribution is 2.35. The van der Waals surface area contributed by atoms with Crippen LogP contribution in [0.3, 0.4) is 0 Å². The number of aromatic nitrogens is 1. The first-order valence-corrected chi connectivity index (χ1v) is 9.60. The molecule has 0 saturated heterocycles. The molecule has 0 aliphatic heterocycles. The van der Waals surface area contributed by atoms with E-state index in [2.05, 4.69) is 11.1 Å². The first-order chi connectivity index (χ1) is 14.1. The smallest absolute Gasteiger partial charge is 0.305 e. The molecule has 1 aromatic heterocycles. The number of halogens is 1. The van der Waals surface area contributed by atoms with Crippen molar-refractivity contribution in [1.82, 2.24) is 4.98 Å². The Balaban J connectivity index is 2.57. The average Bonchev–Trinajstić information content (AvgIpc) is 2.66. The van der Waals surface area contributed by atoms with Crippen molar-refractivity contribution >= 4 is 12.0 Å². The van der Waals surface area contributed by atoms with E-state index in [1.807, 2.05) is 13.8 Å². The number of aliphatic carboxylic acids is 1. The summed E-state index contributed by atoms with van der Waals surface area (Å²) in [4.78, 5) is 15.3. The Bertz CT molecular complexity index is 978. The summed E-state index contributed by atoms with van der Waals surface area (Å²) < 4.78 is 13.4. The molecule has 3 N–H and O–H groups in total. The third kappa shape index (κ3) is 5.72. The summed E-state index contributed by atoms with van der Waals surface area (Å²) in [5.41, 5.74) is 3.45. The second-order valence-corrected chi connectivity index (χ2v) is 7.43. The van der Waals surface area contributed by atoms with Crippen molar-refractivity contribution in [2.24, 2.45) is 0 Å². The molecule has 0 aliphatic carbocycles. The van der Waals surface area contributed by atoms with Crippen molar-refractivity contribution in [2.45, 2.75) is 51.7 Å². The predicted molar refractivity (Wildman–Crippen MR) is 111 cm³/mol. The number of aliphatic hydroxyl groups is 2. The van der Waals surface area contributed by atoms with Gasteiger partial charge in [-0.25, -0.2) is 4.39 Å². The minimum atomic E-state index is -1.19. The Kier molecular flexibility index (Phi) is 7.81. The Morgan fingerprint density at radius 3 is 2.43 bits per heavy atom. The first-order valence-electron chi connectivity index (χ1n) is 9.60. The number of benzene rings is 1. The fourth-order valence-electron chi connectivity index (χ4n) is 3.25. The lowest BCUT2D eigenvalue weighted by Gasteiger charge is -2.18. The summed E-state index contributed by atoms with van der Waals surface area (Å²) >= 11 is 0. The molecule has 30 heavy (non-hydrogen) atoms. The zero-order chi connectivity index (χ0) is 22.4. The van der Waals surface area contributed by atoms with Gasteiger partial charge in [-0.15, -0.1) is 0 Å². The van der Waals surface area contributed by atoms with Crippen molar-refractivity contribution in [2.75, 3.05) is 0 Å². The van der Waals surface area contributed by atoms with Gasteiger partial charge in [-0.3, -0.25) is 9.78 Å². The molecule has 0 saturated carbocycles. The summed E-state index contributed by atoms with van der Waals surface area (Å²) in [7, 11) is 0. The molecule has 2 atom stereocenters. The molecule has 0 fully saturated rings. The van der Waals surface area contributed by atoms with Gasteiger partial charge in [0, 0.05) is 17.5 Å². The van der Waals surface area contributed by atoms with E-state index >= 15 is 0 Å². The summed E-state index contributed by atoms with van der Waals surface area (Å²) in [5, 5.41) is 38.4. The molecule has 1 aromatic carbocycles. The molecule has 0 radical (unpaired) electrons. The van der Waals surface area contributed by atoms with Gasteiger partial charge >= 0.3 is 5.97 Å². The lowest BCUT2D eigenvalue weighted by molar-refractivity contribution is -0.139. The molecular formula is C23H25FN2O4. The maximum Gasteiger partial charge on any atom is 0.305 e. The van der Waals surface area contributed by atoms with Gasteiger partial charge in [-0.05, 0) is 30.5 Å². The third-order valence-corrected chi connectivity index (χ3v) is 4.65. The number of carboxylic acid groups (broad SMARTS) is 1. The molecule has 1 heterocycles. The molecule has 0 amide bonds. The number of nitriles is 1. The second kappa shape index (κ2) is 10.1. The maximum absolute atomic E-state index is 13.4. The van der Waals surface area contributed by atoms with Gasteiger partial charge in [0.15, 0.2) is 0 Å². The van der Waals surface area contributed by atoms with Gasteiger partial charge in [0.2, 0.25) is 0 Å². The number of hydrogen-bond acceptors (Lipinski definition) is 5. The van der Waals surface area contributed by atoms with E-state index in [-0.39, 0.29) is 12.3 Å². The van der Waals surface area contributed by atoms with Crippen LogP contribution >= 0.6 is 0 Å². The van der Waals surface area contributed by atoms with Crippen LogP contribution < -0.4 is 0 Å². The SMILES string of the molecule is Cc1nc(C(C)C)c(/C=C/C(O)CC(O)CC(=O)O)c(-c2ccc(F)cc2)c1C#N. The number of carboxylic acids is 1. The molecule has 6 nitrogen and oxygen atoms in total. The number of aliphatic hydroxyl groups excluding tert-OH is 2. The van der Waals surface area contributed by atoms with Gasteiger partial charge in [0.25, 0.3) is 0 Å². The molecule has 0 spiro atoms. The fourth-order valence-corrected chi connectivity index (χ4v) is 3.25. The predicted octanol–water partition coefficient (Wildman–Crippen LogP) is 3.79. The highest BCUT2D eigenvalue weighted by Gasteiger charge is 2.20. The molecule has 158 valence electrons. The first kappa shape index (κ1) is 23.2. The van der Waals surface area contributed by atoms with Crippen molar-refractivity contribution in [3.63, 3.8) is 0 Å². The standard InChI is InChI=1S/C23H25FN2O4/c1-13(2)23-19(9-8-17(27)10-18(28)11-21(29)30)22(20(12-25)14(3)26-23)15-4-6-16(24)7-5-15/h4-9,13,17-18,27-28H,10-11H2,1-3H3,(H,29,30)/b9-8+. The average molecular weight is 412 g/mol. The van der Waals surface area contributed by atoms with Crippen molar-refractivity contribution in [3.8, 4) is 17.2 Å². The Morgan fingerprint density at radius 2 is 1.90 bits per heavy atom. The van der Waals surface area contributed by atoms with Gasteiger partial charge < -0.3 is 15.3 Å². The van der Waals surface area contributed by atoms with Crippen LogP contribution in [0.2, 0.25) is 0 Å². The minimum Gasteiger partial charge on any atom is -0.481 e. The van der Waals surface area contributed by atoms with Crippen LogP contribution in [0, 0.1) is 24.1 Å². The van der Waals surface area contributed by atoms with Crippen LogP contribution in [0.25, 0.3) is 17.2 Å². The van der Waals surface area contributed by atoms with E-state index in [0.717, 1.165) is 0 Å². The van der Waals surface area contributed by atoms with Crippen LogP contribution in [0.15, 0.2) is 30.3 Å². The fraction of sp³-hybridized carbons (Fsp3) is 0.348. The van der Waals surface area contributed by atoms with E-state index in [4.69, 9.17) is 5.11 Å². The lowest BCUT2D eigenvalue weighted by Crippen LogP contribution is -2.19. The topological polar surface area (TPSA) is 114 Å². The van der Waals surface area contributed by atoms with E-state index in [1.165, 1.54) is 18.2 Å². The van der Waals surface area contributed by atoms with Crippen LogP contribution in [0.1, 0.15) is 55.1 Å². The maximum atomic E-state index is 13.4. The van der Waals surface area contributed by atoms with Crippen LogP contribution in [0.5, 0.6) is 0 Å². The minimum absolute atomic E-state index is 0.00466. The Morgan fingerprint density at radius 1 is 1.27 bits per heavy atom. The van der Waals surface area contributed by atoms with Crippen molar-refractivity contribution < 1.29 is 24.5 Å². The summed E-state index contributed by atoms with van der Waals surface area (Å²) in [6.45, 7) is 5.64. The zero-order valence-corrected chi connectivity index (χ0v) is 17.1. The number of aryl methyl sites for hydroxylation is 1. The largest absolute Gasteiger partial charge is 0.481 e. The van der Waals surface area contributed by atoms with Gasteiger partial charge in [-0.2, -0.15) is 5.26 Å².